The third-order valence-corrected chi connectivity index (χ3v) is 9.06. The average Bonchev–Trinajstić information content (AvgIpc) is 2.95. The smallest absolute Gasteiger partial charge is 0.264 e. The summed E-state index contributed by atoms with van der Waals surface area (Å²) in [5, 5.41) is 2.92. The van der Waals surface area contributed by atoms with Crippen LogP contribution in [0.15, 0.2) is 77.7 Å². The molecule has 0 heterocycles. The molecule has 41 heavy (non-hydrogen) atoms. The van der Waals surface area contributed by atoms with Gasteiger partial charge >= 0.3 is 0 Å². The summed E-state index contributed by atoms with van der Waals surface area (Å²) >= 11 is 0. The molecular formula is C33H43N3O4S. The number of sulfonamides is 1. The summed E-state index contributed by atoms with van der Waals surface area (Å²) in [5.74, 6) is -0.426. The monoisotopic (exact) mass is 577 g/mol. The predicted molar refractivity (Wildman–Crippen MR) is 165 cm³/mol. The lowest BCUT2D eigenvalue weighted by Crippen LogP contribution is -2.52. The van der Waals surface area contributed by atoms with Gasteiger partial charge in [-0.3, -0.25) is 13.9 Å². The molecule has 0 aliphatic rings. The number of rotatable bonds is 13. The van der Waals surface area contributed by atoms with E-state index in [-0.39, 0.29) is 23.3 Å². The van der Waals surface area contributed by atoms with Crippen LogP contribution >= 0.6 is 0 Å². The number of nitrogens with zero attached hydrogens (tertiary/aromatic N) is 2. The summed E-state index contributed by atoms with van der Waals surface area (Å²) in [6, 6.07) is 20.8. The molecule has 8 heteroatoms. The second-order valence-corrected chi connectivity index (χ2v) is 12.6. The van der Waals surface area contributed by atoms with Crippen molar-refractivity contribution in [2.45, 2.75) is 77.8 Å². The number of hydrogen-bond acceptors (Lipinski definition) is 4. The minimum atomic E-state index is -4.10. The summed E-state index contributed by atoms with van der Waals surface area (Å²) in [6.07, 6.45) is 1.16. The van der Waals surface area contributed by atoms with Crippen LogP contribution in [0.2, 0.25) is 0 Å². The normalized spacial score (nSPS) is 12.2. The molecule has 3 aromatic carbocycles. The van der Waals surface area contributed by atoms with Crippen molar-refractivity contribution >= 4 is 27.5 Å². The fourth-order valence-corrected chi connectivity index (χ4v) is 6.06. The third kappa shape index (κ3) is 7.97. The largest absolute Gasteiger partial charge is 0.354 e. The van der Waals surface area contributed by atoms with Crippen molar-refractivity contribution in [2.75, 3.05) is 17.4 Å². The highest BCUT2D eigenvalue weighted by atomic mass is 32.2. The van der Waals surface area contributed by atoms with Crippen LogP contribution in [0.1, 0.15) is 68.7 Å². The van der Waals surface area contributed by atoms with Crippen LogP contribution in [0.25, 0.3) is 0 Å². The van der Waals surface area contributed by atoms with Crippen LogP contribution in [0.4, 0.5) is 5.69 Å². The van der Waals surface area contributed by atoms with Gasteiger partial charge in [-0.05, 0) is 73.6 Å². The number of aryl methyl sites for hydroxylation is 2. The first-order chi connectivity index (χ1) is 19.5. The number of amides is 2. The van der Waals surface area contributed by atoms with E-state index < -0.39 is 28.5 Å². The van der Waals surface area contributed by atoms with E-state index in [1.54, 1.807) is 36.4 Å². The topological polar surface area (TPSA) is 86.8 Å². The molecule has 1 atom stereocenters. The van der Waals surface area contributed by atoms with E-state index in [1.165, 1.54) is 4.90 Å². The van der Waals surface area contributed by atoms with Gasteiger partial charge in [0, 0.05) is 13.1 Å². The SMILES string of the molecule is CCCNC(=O)C(CC)N(Cc1ccccc1C)C(=O)CN(c1ccc(C(C)C)cc1)S(=O)(=O)c1ccc(C)cc1. The molecule has 1 unspecified atom stereocenters. The lowest BCUT2D eigenvalue weighted by atomic mass is 10.0. The van der Waals surface area contributed by atoms with Crippen molar-refractivity contribution in [3.8, 4) is 0 Å². The molecular weight excluding hydrogens is 534 g/mol. The first-order valence-corrected chi connectivity index (χ1v) is 15.7. The van der Waals surface area contributed by atoms with Gasteiger partial charge in [0.2, 0.25) is 11.8 Å². The second-order valence-electron chi connectivity index (χ2n) is 10.7. The summed E-state index contributed by atoms with van der Waals surface area (Å²) in [6.45, 7) is 12.1. The van der Waals surface area contributed by atoms with Crippen molar-refractivity contribution in [3.05, 3.63) is 95.1 Å². The quantitative estimate of drug-likeness (QED) is 0.272. The molecule has 2 amide bonds. The maximum atomic E-state index is 14.2. The molecule has 220 valence electrons. The highest BCUT2D eigenvalue weighted by Gasteiger charge is 2.33. The van der Waals surface area contributed by atoms with Crippen molar-refractivity contribution in [2.24, 2.45) is 0 Å². The van der Waals surface area contributed by atoms with Crippen molar-refractivity contribution in [1.29, 1.82) is 0 Å². The molecule has 7 nitrogen and oxygen atoms in total. The van der Waals surface area contributed by atoms with E-state index in [0.717, 1.165) is 33.0 Å². The van der Waals surface area contributed by atoms with Crippen LogP contribution in [0, 0.1) is 13.8 Å². The van der Waals surface area contributed by atoms with Gasteiger partial charge < -0.3 is 10.2 Å². The highest BCUT2D eigenvalue weighted by molar-refractivity contribution is 7.92. The van der Waals surface area contributed by atoms with Crippen LogP contribution in [-0.4, -0.2) is 44.3 Å². The van der Waals surface area contributed by atoms with Gasteiger partial charge in [0.05, 0.1) is 10.6 Å². The Hall–Kier alpha value is -3.65. The number of hydrogen-bond donors (Lipinski definition) is 1. The summed E-state index contributed by atoms with van der Waals surface area (Å²) < 4.78 is 29.2. The summed E-state index contributed by atoms with van der Waals surface area (Å²) in [4.78, 5) is 29.0. The Bertz CT molecular complexity index is 1420. The molecule has 0 saturated carbocycles. The average molecular weight is 578 g/mol. The van der Waals surface area contributed by atoms with E-state index in [4.69, 9.17) is 0 Å². The molecule has 0 spiro atoms. The zero-order chi connectivity index (χ0) is 30.2. The van der Waals surface area contributed by atoms with E-state index in [9.17, 15) is 18.0 Å². The lowest BCUT2D eigenvalue weighted by molar-refractivity contribution is -0.140. The van der Waals surface area contributed by atoms with Gasteiger partial charge in [0.25, 0.3) is 10.0 Å². The van der Waals surface area contributed by atoms with Crippen molar-refractivity contribution < 1.29 is 18.0 Å². The van der Waals surface area contributed by atoms with Crippen molar-refractivity contribution in [3.63, 3.8) is 0 Å². The van der Waals surface area contributed by atoms with Gasteiger partial charge in [-0.15, -0.1) is 0 Å². The van der Waals surface area contributed by atoms with Crippen LogP contribution in [0.5, 0.6) is 0 Å². The third-order valence-electron chi connectivity index (χ3n) is 7.27. The Labute approximate surface area is 245 Å². The standard InChI is InChI=1S/C33H43N3O4S/c1-7-21-34-33(38)31(8-2)35(22-28-12-10-9-11-26(28)6)32(37)23-36(29-17-15-27(16-18-29)24(3)4)41(39,40)30-19-13-25(5)14-20-30/h9-20,24,31H,7-8,21-23H2,1-6H3,(H,34,38). The van der Waals surface area contributed by atoms with Crippen LogP contribution < -0.4 is 9.62 Å². The Morgan fingerprint density at radius 1 is 0.878 bits per heavy atom. The minimum absolute atomic E-state index is 0.0991. The fraction of sp³-hybridized carbons (Fsp3) is 0.394. The molecule has 0 aromatic heterocycles. The van der Waals surface area contributed by atoms with Gasteiger partial charge in [-0.2, -0.15) is 0 Å². The Morgan fingerprint density at radius 3 is 2.07 bits per heavy atom. The highest BCUT2D eigenvalue weighted by Crippen LogP contribution is 2.27. The number of carbonyl (C=O) groups is 2. The molecule has 0 aliphatic carbocycles. The molecule has 0 aliphatic heterocycles. The predicted octanol–water partition coefficient (Wildman–Crippen LogP) is 5.96. The van der Waals surface area contributed by atoms with Gasteiger partial charge in [-0.1, -0.05) is 81.8 Å². The Kier molecular flexibility index (Phi) is 11.1. The number of benzene rings is 3. The summed E-state index contributed by atoms with van der Waals surface area (Å²) in [5.41, 5.74) is 4.27. The van der Waals surface area contributed by atoms with E-state index in [2.05, 4.69) is 19.2 Å². The molecule has 0 fully saturated rings. The first kappa shape index (κ1) is 31.9. The van der Waals surface area contributed by atoms with Crippen molar-refractivity contribution in [1.82, 2.24) is 10.2 Å². The zero-order valence-corrected chi connectivity index (χ0v) is 25.9. The Balaban J connectivity index is 2.07. The number of anilines is 1. The van der Waals surface area contributed by atoms with Gasteiger partial charge in [-0.25, -0.2) is 8.42 Å². The second kappa shape index (κ2) is 14.3. The molecule has 3 aromatic rings. The van der Waals surface area contributed by atoms with E-state index >= 15 is 0 Å². The molecule has 3 rings (SSSR count). The van der Waals surface area contributed by atoms with E-state index in [0.29, 0.717) is 18.7 Å². The van der Waals surface area contributed by atoms with E-state index in [1.807, 2.05) is 64.1 Å². The number of carbonyl (C=O) groups excluding carboxylic acids is 2. The first-order valence-electron chi connectivity index (χ1n) is 14.3. The van der Waals surface area contributed by atoms with Gasteiger partial charge in [0.1, 0.15) is 12.6 Å². The maximum Gasteiger partial charge on any atom is 0.264 e. The molecule has 0 saturated heterocycles. The molecule has 0 bridgehead atoms. The summed E-state index contributed by atoms with van der Waals surface area (Å²) in [7, 11) is -4.10. The maximum absolute atomic E-state index is 14.2. The zero-order valence-electron chi connectivity index (χ0n) is 25.1. The molecule has 1 N–H and O–H groups in total. The van der Waals surface area contributed by atoms with Crippen LogP contribution in [-0.2, 0) is 26.2 Å². The van der Waals surface area contributed by atoms with Crippen LogP contribution in [0.3, 0.4) is 0 Å². The minimum Gasteiger partial charge on any atom is -0.354 e. The lowest BCUT2D eigenvalue weighted by Gasteiger charge is -2.33. The number of nitrogens with one attached hydrogen (secondary N) is 1. The molecule has 0 radical (unpaired) electrons. The van der Waals surface area contributed by atoms with Gasteiger partial charge in [0.15, 0.2) is 0 Å². The fourth-order valence-electron chi connectivity index (χ4n) is 4.65. The Morgan fingerprint density at radius 2 is 1.51 bits per heavy atom.